The second-order valence-electron chi connectivity index (χ2n) is 17.7. The lowest BCUT2D eigenvalue weighted by molar-refractivity contribution is -0.0398. The molecule has 4 fully saturated rings. The number of aryl methyl sites for hydroxylation is 1. The molecule has 0 unspecified atom stereocenters. The van der Waals surface area contributed by atoms with Gasteiger partial charge in [0.2, 0.25) is 0 Å². The van der Waals surface area contributed by atoms with Crippen LogP contribution in [0.3, 0.4) is 0 Å². The van der Waals surface area contributed by atoms with E-state index < -0.39 is 0 Å². The van der Waals surface area contributed by atoms with Gasteiger partial charge < -0.3 is 5.73 Å². The molecular formula is C54H45N3S. The minimum atomic E-state index is 0.124. The van der Waals surface area contributed by atoms with E-state index >= 15 is 0 Å². The number of aliphatic imine (C=N–C) groups is 2. The topological polar surface area (TPSA) is 50.7 Å². The molecule has 5 aliphatic rings. The summed E-state index contributed by atoms with van der Waals surface area (Å²) in [5.74, 6) is 4.41. The summed E-state index contributed by atoms with van der Waals surface area (Å²) >= 11 is 1.84. The van der Waals surface area contributed by atoms with Crippen molar-refractivity contribution in [2.45, 2.75) is 51.0 Å². The maximum atomic E-state index is 6.61. The minimum Gasteiger partial charge on any atom is -0.383 e. The molecule has 0 saturated heterocycles. The smallest absolute Gasteiger partial charge is 0.157 e. The van der Waals surface area contributed by atoms with Crippen LogP contribution in [-0.2, 0) is 12.0 Å². The lowest BCUT2D eigenvalue weighted by Gasteiger charge is -2.61. The van der Waals surface area contributed by atoms with E-state index in [1.165, 1.54) is 90.9 Å². The van der Waals surface area contributed by atoms with Crippen LogP contribution < -0.4 is 5.73 Å². The number of thiophene rings is 1. The molecule has 2 N–H and O–H groups in total. The van der Waals surface area contributed by atoms with Crippen LogP contribution in [0.1, 0.15) is 65.5 Å². The van der Waals surface area contributed by atoms with Crippen LogP contribution in [0.5, 0.6) is 0 Å². The summed E-state index contributed by atoms with van der Waals surface area (Å²) in [4.78, 5) is 10.0. The molecule has 282 valence electrons. The molecular weight excluding hydrogens is 723 g/mol. The van der Waals surface area contributed by atoms with Gasteiger partial charge in [0.15, 0.2) is 5.84 Å². The van der Waals surface area contributed by atoms with Gasteiger partial charge in [0.05, 0.1) is 6.54 Å². The van der Waals surface area contributed by atoms with Gasteiger partial charge in [0.25, 0.3) is 0 Å². The summed E-state index contributed by atoms with van der Waals surface area (Å²) < 4.78 is 2.52. The minimum absolute atomic E-state index is 0.124. The average molecular weight is 768 g/mol. The van der Waals surface area contributed by atoms with Crippen LogP contribution in [0.2, 0.25) is 0 Å². The van der Waals surface area contributed by atoms with E-state index in [-0.39, 0.29) is 5.41 Å². The van der Waals surface area contributed by atoms with Crippen LogP contribution in [0.25, 0.3) is 53.2 Å². The fourth-order valence-electron chi connectivity index (χ4n) is 12.1. The summed E-state index contributed by atoms with van der Waals surface area (Å²) in [5.41, 5.74) is 19.8. The van der Waals surface area contributed by atoms with E-state index in [2.05, 4.69) is 122 Å². The molecule has 4 heteroatoms. The Labute approximate surface area is 344 Å². The third-order valence-electron chi connectivity index (χ3n) is 14.4. The largest absolute Gasteiger partial charge is 0.383 e. The Bertz CT molecular complexity index is 2990. The highest BCUT2D eigenvalue weighted by molar-refractivity contribution is 7.25. The van der Waals surface area contributed by atoms with Crippen molar-refractivity contribution in [3.63, 3.8) is 0 Å². The highest BCUT2D eigenvalue weighted by Crippen LogP contribution is 2.69. The molecule has 5 aliphatic carbocycles. The fraction of sp³-hybridized carbons (Fsp3) is 0.222. The predicted molar refractivity (Wildman–Crippen MR) is 244 cm³/mol. The number of rotatable bonds is 5. The zero-order valence-corrected chi connectivity index (χ0v) is 33.6. The second-order valence-corrected chi connectivity index (χ2v) is 18.8. The summed E-state index contributed by atoms with van der Waals surface area (Å²) in [5, 5.41) is 5.30. The van der Waals surface area contributed by atoms with Gasteiger partial charge in [-0.25, -0.2) is 4.99 Å². The molecule has 7 aromatic carbocycles. The van der Waals surface area contributed by atoms with Crippen molar-refractivity contribution in [2.75, 3.05) is 0 Å². The van der Waals surface area contributed by atoms with Crippen molar-refractivity contribution in [3.8, 4) is 22.3 Å². The zero-order chi connectivity index (χ0) is 38.5. The van der Waals surface area contributed by atoms with Crippen molar-refractivity contribution < 1.29 is 0 Å². The highest BCUT2D eigenvalue weighted by Gasteiger charge is 2.61. The molecule has 1 heterocycles. The first-order chi connectivity index (χ1) is 28.5. The predicted octanol–water partition coefficient (Wildman–Crippen LogP) is 13.3. The monoisotopic (exact) mass is 767 g/mol. The lowest BCUT2D eigenvalue weighted by atomic mass is 9.43. The van der Waals surface area contributed by atoms with Gasteiger partial charge in [-0.15, -0.1) is 11.3 Å². The molecule has 8 aromatic rings. The van der Waals surface area contributed by atoms with Gasteiger partial charge in [0, 0.05) is 36.7 Å². The van der Waals surface area contributed by atoms with Gasteiger partial charge in [0.1, 0.15) is 5.84 Å². The van der Waals surface area contributed by atoms with E-state index in [1.807, 2.05) is 41.7 Å². The van der Waals surface area contributed by atoms with Crippen LogP contribution in [-0.4, -0.2) is 11.7 Å². The van der Waals surface area contributed by atoms with Gasteiger partial charge in [-0.05, 0) is 149 Å². The molecule has 1 aromatic heterocycles. The van der Waals surface area contributed by atoms with Crippen LogP contribution in [0, 0.1) is 30.6 Å². The first-order valence-electron chi connectivity index (χ1n) is 21.1. The van der Waals surface area contributed by atoms with Gasteiger partial charge in [-0.1, -0.05) is 115 Å². The number of amidine groups is 2. The highest BCUT2D eigenvalue weighted by atomic mass is 32.1. The van der Waals surface area contributed by atoms with E-state index in [9.17, 15) is 0 Å². The number of nitrogens with two attached hydrogens (primary N) is 1. The standard InChI is InChI=1S/C54H45N3S/c1-32-8-7-9-33(20-32)31-56-53(57-52(55)36-10-3-2-4-11-36)41-15-18-45-47-27-39(16-19-50(47)58-51(45)30-41)40-14-17-44-46-26-37-12-5-6-13-38(37)28-49(46)54(48(44)29-40)42-22-34-21-35(24-42)25-43(54)23-34/h2-20,26-30,34-35,42-43H,21-25,31H2,1H3,(H2,55,56,57). The molecule has 58 heavy (non-hydrogen) atoms. The van der Waals surface area contributed by atoms with Crippen molar-refractivity contribution in [2.24, 2.45) is 39.4 Å². The fourth-order valence-corrected chi connectivity index (χ4v) is 13.2. The summed E-state index contributed by atoms with van der Waals surface area (Å²) in [6, 6.07) is 53.9. The summed E-state index contributed by atoms with van der Waals surface area (Å²) in [6.07, 6.45) is 7.02. The lowest BCUT2D eigenvalue weighted by Crippen LogP contribution is -2.55. The van der Waals surface area contributed by atoms with E-state index in [0.29, 0.717) is 18.2 Å². The maximum Gasteiger partial charge on any atom is 0.157 e. The Kier molecular flexibility index (Phi) is 7.72. The van der Waals surface area contributed by atoms with E-state index in [1.54, 1.807) is 11.1 Å². The normalized spacial score (nSPS) is 23.3. The third kappa shape index (κ3) is 5.31. The molecule has 1 spiro atoms. The molecule has 13 rings (SSSR count). The summed E-state index contributed by atoms with van der Waals surface area (Å²) in [7, 11) is 0. The number of hydrogen-bond acceptors (Lipinski definition) is 2. The van der Waals surface area contributed by atoms with Crippen molar-refractivity contribution in [3.05, 3.63) is 179 Å². The van der Waals surface area contributed by atoms with Gasteiger partial charge in [-0.2, -0.15) is 0 Å². The molecule has 0 atom stereocenters. The third-order valence-corrected chi connectivity index (χ3v) is 15.5. The quantitative estimate of drug-likeness (QED) is 0.138. The van der Waals surface area contributed by atoms with Crippen LogP contribution >= 0.6 is 11.3 Å². The Balaban J connectivity index is 0.951. The maximum absolute atomic E-state index is 6.61. The number of fused-ring (bicyclic) bond motifs is 7. The van der Waals surface area contributed by atoms with Crippen molar-refractivity contribution >= 4 is 54.0 Å². The van der Waals surface area contributed by atoms with Gasteiger partial charge in [-0.3, -0.25) is 4.99 Å². The molecule has 0 radical (unpaired) electrons. The average Bonchev–Trinajstić information content (AvgIpc) is 3.75. The number of hydrogen-bond donors (Lipinski definition) is 1. The Morgan fingerprint density at radius 2 is 1.33 bits per heavy atom. The van der Waals surface area contributed by atoms with Crippen LogP contribution in [0.4, 0.5) is 0 Å². The second kappa shape index (κ2) is 13.1. The SMILES string of the molecule is Cc1cccc(CN=C(N=C(N)c2ccccc2)c2ccc3c(c2)sc2ccc(-c4ccc5c(c4)C4(c6cc7ccccc7cc6-5)C5CC6CC(C5)CC4C6)cc23)c1. The number of nitrogens with zero attached hydrogens (tertiary/aromatic N) is 2. The first kappa shape index (κ1) is 34.2. The van der Waals surface area contributed by atoms with E-state index in [4.69, 9.17) is 15.7 Å². The molecule has 3 nitrogen and oxygen atoms in total. The molecule has 4 saturated carbocycles. The first-order valence-corrected chi connectivity index (χ1v) is 21.9. The van der Waals surface area contributed by atoms with Gasteiger partial charge >= 0.3 is 0 Å². The Morgan fingerprint density at radius 1 is 0.603 bits per heavy atom. The summed E-state index contributed by atoms with van der Waals surface area (Å²) in [6.45, 7) is 2.65. The van der Waals surface area contributed by atoms with E-state index in [0.717, 1.165) is 40.4 Å². The van der Waals surface area contributed by atoms with Crippen LogP contribution in [0.15, 0.2) is 156 Å². The van der Waals surface area contributed by atoms with Crippen molar-refractivity contribution in [1.82, 2.24) is 0 Å². The molecule has 0 aliphatic heterocycles. The molecule has 4 bridgehead atoms. The number of benzene rings is 7. The zero-order valence-electron chi connectivity index (χ0n) is 32.8. The Morgan fingerprint density at radius 3 is 2.12 bits per heavy atom. The molecule has 0 amide bonds. The Hall–Kier alpha value is -5.84. The van der Waals surface area contributed by atoms with Crippen molar-refractivity contribution in [1.29, 1.82) is 0 Å².